The van der Waals surface area contributed by atoms with Crippen LogP contribution in [0.1, 0.15) is 16.1 Å². The van der Waals surface area contributed by atoms with Crippen molar-refractivity contribution in [3.05, 3.63) is 47.9 Å². The Labute approximate surface area is 134 Å². The lowest BCUT2D eigenvalue weighted by molar-refractivity contribution is -0.274. The normalized spacial score (nSPS) is 12.0. The fraction of sp³-hybridized carbons (Fsp3) is 0.154. The van der Waals surface area contributed by atoms with E-state index in [0.29, 0.717) is 5.76 Å². The van der Waals surface area contributed by atoms with Gasteiger partial charge in [0.25, 0.3) is 15.9 Å². The topological polar surface area (TPSA) is 97.6 Å². The number of carbonyl (C=O) groups is 1. The molecule has 0 unspecified atom stereocenters. The molecule has 1 aromatic heterocycles. The Kier molecular flexibility index (Phi) is 4.85. The van der Waals surface area contributed by atoms with Crippen molar-refractivity contribution in [2.45, 2.75) is 18.2 Å². The lowest BCUT2D eigenvalue weighted by Crippen LogP contribution is -2.41. The first kappa shape index (κ1) is 17.8. The van der Waals surface area contributed by atoms with Gasteiger partial charge in [-0.25, -0.2) is 8.42 Å². The number of nitrogens with one attached hydrogen (secondary N) is 2. The summed E-state index contributed by atoms with van der Waals surface area (Å²) in [7, 11) is -4.17. The van der Waals surface area contributed by atoms with Crippen LogP contribution in [0.4, 0.5) is 13.2 Å². The summed E-state index contributed by atoms with van der Waals surface area (Å²) in [4.78, 5) is 13.2. The molecule has 0 fully saturated rings. The van der Waals surface area contributed by atoms with Crippen LogP contribution >= 0.6 is 0 Å². The minimum atomic E-state index is -4.88. The van der Waals surface area contributed by atoms with Gasteiger partial charge in [-0.1, -0.05) is 0 Å². The van der Waals surface area contributed by atoms with E-state index in [2.05, 4.69) is 4.74 Å². The van der Waals surface area contributed by atoms with Gasteiger partial charge in [-0.15, -0.1) is 18.0 Å². The summed E-state index contributed by atoms with van der Waals surface area (Å²) < 4.78 is 68.6. The number of amides is 1. The van der Waals surface area contributed by atoms with E-state index in [1.54, 1.807) is 0 Å². The maximum absolute atomic E-state index is 12.0. The molecule has 0 bridgehead atoms. The van der Waals surface area contributed by atoms with E-state index < -0.39 is 28.0 Å². The molecule has 11 heteroatoms. The van der Waals surface area contributed by atoms with Crippen molar-refractivity contribution in [3.63, 3.8) is 0 Å². The fourth-order valence-corrected chi connectivity index (χ4v) is 2.52. The Morgan fingerprint density at radius 3 is 2.29 bits per heavy atom. The van der Waals surface area contributed by atoms with E-state index in [1.165, 1.54) is 19.3 Å². The number of aryl methyl sites for hydroxylation is 1. The molecule has 0 radical (unpaired) electrons. The first-order valence-corrected chi connectivity index (χ1v) is 7.79. The van der Waals surface area contributed by atoms with E-state index >= 15 is 0 Å². The molecule has 1 aromatic carbocycles. The summed E-state index contributed by atoms with van der Waals surface area (Å²) in [6, 6.07) is 4.83. The molecule has 2 aromatic rings. The van der Waals surface area contributed by atoms with Crippen LogP contribution in [-0.4, -0.2) is 20.7 Å². The summed E-state index contributed by atoms with van der Waals surface area (Å²) in [5.41, 5.74) is 2.10. The standard InChI is InChI=1S/C13H11F3N2O5S/c1-8-11(6-7-22-8)12(19)17-18-24(20,21)10-4-2-9(3-5-10)23-13(14,15)16/h2-7,18H,1H3,(H,17,19). The molecule has 0 spiro atoms. The van der Waals surface area contributed by atoms with Gasteiger partial charge in [0.2, 0.25) is 0 Å². The Morgan fingerprint density at radius 1 is 1.17 bits per heavy atom. The van der Waals surface area contributed by atoms with E-state index in [9.17, 15) is 26.4 Å². The van der Waals surface area contributed by atoms with Crippen LogP contribution < -0.4 is 15.0 Å². The van der Waals surface area contributed by atoms with Gasteiger partial charge in [-0.05, 0) is 37.3 Å². The van der Waals surface area contributed by atoms with Crippen molar-refractivity contribution < 1.29 is 35.5 Å². The average molecular weight is 364 g/mol. The van der Waals surface area contributed by atoms with Gasteiger partial charge in [0.15, 0.2) is 0 Å². The maximum Gasteiger partial charge on any atom is 0.573 e. The Morgan fingerprint density at radius 2 is 1.79 bits per heavy atom. The number of benzene rings is 1. The zero-order valence-electron chi connectivity index (χ0n) is 12.0. The molecule has 0 saturated carbocycles. The van der Waals surface area contributed by atoms with Crippen molar-refractivity contribution in [3.8, 4) is 5.75 Å². The predicted octanol–water partition coefficient (Wildman–Crippen LogP) is 2.11. The minimum absolute atomic E-state index is 0.131. The number of alkyl halides is 3. The molecule has 2 N–H and O–H groups in total. The van der Waals surface area contributed by atoms with Crippen LogP contribution in [0, 0.1) is 6.92 Å². The molecule has 7 nitrogen and oxygen atoms in total. The van der Waals surface area contributed by atoms with E-state index in [-0.39, 0.29) is 10.5 Å². The lowest BCUT2D eigenvalue weighted by Gasteiger charge is -2.10. The third-order valence-electron chi connectivity index (χ3n) is 2.77. The maximum atomic E-state index is 12.0. The molecule has 0 aliphatic rings. The number of sulfonamides is 1. The molecule has 2 rings (SSSR count). The highest BCUT2D eigenvalue weighted by atomic mass is 32.2. The number of hydrogen-bond acceptors (Lipinski definition) is 5. The highest BCUT2D eigenvalue weighted by Gasteiger charge is 2.31. The molecular weight excluding hydrogens is 353 g/mol. The van der Waals surface area contributed by atoms with Gasteiger partial charge < -0.3 is 9.15 Å². The highest BCUT2D eigenvalue weighted by molar-refractivity contribution is 7.89. The second-order valence-electron chi connectivity index (χ2n) is 4.47. The van der Waals surface area contributed by atoms with Crippen molar-refractivity contribution in [2.24, 2.45) is 0 Å². The van der Waals surface area contributed by atoms with Crippen LogP contribution in [0.2, 0.25) is 0 Å². The van der Waals surface area contributed by atoms with Crippen LogP contribution in [-0.2, 0) is 10.0 Å². The zero-order valence-corrected chi connectivity index (χ0v) is 12.9. The van der Waals surface area contributed by atoms with E-state index in [4.69, 9.17) is 4.42 Å². The van der Waals surface area contributed by atoms with Crippen LogP contribution in [0.3, 0.4) is 0 Å². The molecule has 0 atom stereocenters. The molecule has 130 valence electrons. The van der Waals surface area contributed by atoms with Crippen LogP contribution in [0.5, 0.6) is 5.75 Å². The van der Waals surface area contributed by atoms with Gasteiger partial charge in [-0.2, -0.15) is 0 Å². The number of hydrogen-bond donors (Lipinski definition) is 2. The predicted molar refractivity (Wildman–Crippen MR) is 74.4 cm³/mol. The van der Waals surface area contributed by atoms with Crippen molar-refractivity contribution >= 4 is 15.9 Å². The SMILES string of the molecule is Cc1occc1C(=O)NNS(=O)(=O)c1ccc(OC(F)(F)F)cc1. The second kappa shape index (κ2) is 6.53. The van der Waals surface area contributed by atoms with E-state index in [0.717, 1.165) is 24.3 Å². The largest absolute Gasteiger partial charge is 0.573 e. The number of carbonyl (C=O) groups excluding carboxylic acids is 1. The van der Waals surface area contributed by atoms with Crippen LogP contribution in [0.15, 0.2) is 45.9 Å². The Balaban J connectivity index is 2.05. The first-order chi connectivity index (χ1) is 11.1. The van der Waals surface area contributed by atoms with E-state index in [1.807, 2.05) is 10.3 Å². The van der Waals surface area contributed by atoms with Gasteiger partial charge in [-0.3, -0.25) is 10.2 Å². The average Bonchev–Trinajstić information content (AvgIpc) is 2.90. The Bertz CT molecular complexity index is 828. The monoisotopic (exact) mass is 364 g/mol. The Hall–Kier alpha value is -2.53. The molecular formula is C13H11F3N2O5S. The van der Waals surface area contributed by atoms with Gasteiger partial charge >= 0.3 is 6.36 Å². The zero-order chi connectivity index (χ0) is 18.0. The van der Waals surface area contributed by atoms with Gasteiger partial charge in [0.05, 0.1) is 16.7 Å². The summed E-state index contributed by atoms with van der Waals surface area (Å²) in [5.74, 6) is -1.03. The fourth-order valence-electron chi connectivity index (χ4n) is 1.68. The molecule has 0 aliphatic heterocycles. The minimum Gasteiger partial charge on any atom is -0.469 e. The molecule has 0 aliphatic carbocycles. The second-order valence-corrected chi connectivity index (χ2v) is 6.15. The lowest BCUT2D eigenvalue weighted by atomic mass is 10.2. The first-order valence-electron chi connectivity index (χ1n) is 6.30. The van der Waals surface area contributed by atoms with Gasteiger partial charge in [0.1, 0.15) is 11.5 Å². The third kappa shape index (κ3) is 4.49. The van der Waals surface area contributed by atoms with Crippen molar-refractivity contribution in [1.82, 2.24) is 10.3 Å². The number of rotatable bonds is 5. The number of halogens is 3. The van der Waals surface area contributed by atoms with Crippen LogP contribution in [0.25, 0.3) is 0 Å². The number of furan rings is 1. The van der Waals surface area contributed by atoms with Gasteiger partial charge in [0, 0.05) is 0 Å². The van der Waals surface area contributed by atoms with Crippen molar-refractivity contribution in [2.75, 3.05) is 0 Å². The smallest absolute Gasteiger partial charge is 0.469 e. The molecule has 0 saturated heterocycles. The summed E-state index contributed by atoms with van der Waals surface area (Å²) in [5, 5.41) is 0. The highest BCUT2D eigenvalue weighted by Crippen LogP contribution is 2.23. The third-order valence-corrected chi connectivity index (χ3v) is 4.03. The summed E-state index contributed by atoms with van der Waals surface area (Å²) in [6.07, 6.45) is -3.62. The molecule has 24 heavy (non-hydrogen) atoms. The van der Waals surface area contributed by atoms with Crippen molar-refractivity contribution in [1.29, 1.82) is 0 Å². The quantitative estimate of drug-likeness (QED) is 0.792. The molecule has 1 amide bonds. The molecule has 1 heterocycles. The number of hydrazine groups is 1. The summed E-state index contributed by atoms with van der Waals surface area (Å²) in [6.45, 7) is 1.52. The summed E-state index contributed by atoms with van der Waals surface area (Å²) >= 11 is 0. The number of ether oxygens (including phenoxy) is 1.